The van der Waals surface area contributed by atoms with E-state index in [4.69, 9.17) is 0 Å². The molecular weight excluding hydrogens is 394 g/mol. The number of hydrogen-bond donors (Lipinski definition) is 1. The van der Waals surface area contributed by atoms with Crippen LogP contribution in [0.3, 0.4) is 0 Å². The molecular formula is C20H20BrN3O2. The maximum atomic E-state index is 12.3. The quantitative estimate of drug-likeness (QED) is 0.801. The third-order valence-corrected chi connectivity index (χ3v) is 4.82. The zero-order chi connectivity index (χ0) is 18.5. The molecule has 0 spiro atoms. The molecule has 1 aliphatic heterocycles. The van der Waals surface area contributed by atoms with E-state index in [2.05, 4.69) is 26.3 Å². The Morgan fingerprint density at radius 1 is 1.15 bits per heavy atom. The van der Waals surface area contributed by atoms with Crippen LogP contribution in [0, 0.1) is 6.92 Å². The SMILES string of the molecule is Cc1ccc(NC(=O)CCC(=O)N2CCC(c3ccccc3)=N2)c(Br)c1. The highest BCUT2D eigenvalue weighted by Crippen LogP contribution is 2.23. The molecule has 0 saturated heterocycles. The standard InChI is InChI=1S/C20H20BrN3O2/c1-14-7-8-18(16(21)13-14)22-19(25)9-10-20(26)24-12-11-17(23-24)15-5-3-2-4-6-15/h2-8,13H,9-12H2,1H3,(H,22,25). The lowest BCUT2D eigenvalue weighted by molar-refractivity contribution is -0.132. The molecule has 1 aliphatic rings. The first-order valence-electron chi connectivity index (χ1n) is 8.52. The smallest absolute Gasteiger partial charge is 0.243 e. The molecule has 0 bridgehead atoms. The molecule has 0 fully saturated rings. The summed E-state index contributed by atoms with van der Waals surface area (Å²) >= 11 is 3.43. The summed E-state index contributed by atoms with van der Waals surface area (Å²) < 4.78 is 0.828. The molecule has 2 aromatic carbocycles. The van der Waals surface area contributed by atoms with Crippen LogP contribution in [0.25, 0.3) is 0 Å². The van der Waals surface area contributed by atoms with Gasteiger partial charge >= 0.3 is 0 Å². The summed E-state index contributed by atoms with van der Waals surface area (Å²) in [6.07, 6.45) is 1.00. The molecule has 2 amide bonds. The van der Waals surface area contributed by atoms with Crippen molar-refractivity contribution >= 4 is 39.1 Å². The number of nitrogens with one attached hydrogen (secondary N) is 1. The zero-order valence-electron chi connectivity index (χ0n) is 14.5. The Balaban J connectivity index is 1.52. The van der Waals surface area contributed by atoms with E-state index in [0.29, 0.717) is 12.2 Å². The fourth-order valence-electron chi connectivity index (χ4n) is 2.75. The highest BCUT2D eigenvalue weighted by molar-refractivity contribution is 9.10. The van der Waals surface area contributed by atoms with Crippen LogP contribution in [0.5, 0.6) is 0 Å². The Morgan fingerprint density at radius 3 is 2.65 bits per heavy atom. The minimum absolute atomic E-state index is 0.131. The van der Waals surface area contributed by atoms with Crippen LogP contribution in [0.2, 0.25) is 0 Å². The van der Waals surface area contributed by atoms with Crippen molar-refractivity contribution in [3.05, 3.63) is 64.1 Å². The Kier molecular flexibility index (Phi) is 5.83. The lowest BCUT2D eigenvalue weighted by Gasteiger charge is -2.12. The minimum atomic E-state index is -0.186. The van der Waals surface area contributed by atoms with Crippen LogP contribution in [0.15, 0.2) is 58.1 Å². The number of aryl methyl sites for hydroxylation is 1. The number of benzene rings is 2. The number of carbonyl (C=O) groups excluding carboxylic acids is 2. The number of anilines is 1. The Labute approximate surface area is 161 Å². The van der Waals surface area contributed by atoms with Gasteiger partial charge in [-0.15, -0.1) is 0 Å². The third-order valence-electron chi connectivity index (χ3n) is 4.16. The lowest BCUT2D eigenvalue weighted by atomic mass is 10.1. The van der Waals surface area contributed by atoms with Crippen molar-refractivity contribution in [3.63, 3.8) is 0 Å². The summed E-state index contributed by atoms with van der Waals surface area (Å²) in [7, 11) is 0. The van der Waals surface area contributed by atoms with Gasteiger partial charge in [0.1, 0.15) is 0 Å². The van der Waals surface area contributed by atoms with Crippen molar-refractivity contribution in [1.29, 1.82) is 0 Å². The largest absolute Gasteiger partial charge is 0.325 e. The molecule has 1 N–H and O–H groups in total. The van der Waals surface area contributed by atoms with Crippen molar-refractivity contribution in [2.24, 2.45) is 5.10 Å². The molecule has 1 heterocycles. The lowest BCUT2D eigenvalue weighted by Crippen LogP contribution is -2.25. The third kappa shape index (κ3) is 4.58. The molecule has 3 rings (SSSR count). The van der Waals surface area contributed by atoms with Crippen molar-refractivity contribution < 1.29 is 9.59 Å². The van der Waals surface area contributed by atoms with Crippen LogP contribution >= 0.6 is 15.9 Å². The molecule has 134 valence electrons. The van der Waals surface area contributed by atoms with Gasteiger partial charge in [-0.25, -0.2) is 5.01 Å². The highest BCUT2D eigenvalue weighted by atomic mass is 79.9. The van der Waals surface area contributed by atoms with Gasteiger partial charge in [0.2, 0.25) is 11.8 Å². The average Bonchev–Trinajstić information content (AvgIpc) is 3.13. The first kappa shape index (κ1) is 18.3. The van der Waals surface area contributed by atoms with E-state index >= 15 is 0 Å². The van der Waals surface area contributed by atoms with Crippen LogP contribution < -0.4 is 5.32 Å². The predicted molar refractivity (Wildman–Crippen MR) is 106 cm³/mol. The molecule has 5 nitrogen and oxygen atoms in total. The number of amides is 2. The summed E-state index contributed by atoms with van der Waals surface area (Å²) in [5.74, 6) is -0.316. The molecule has 0 unspecified atom stereocenters. The van der Waals surface area contributed by atoms with Gasteiger partial charge in [0, 0.05) is 23.7 Å². The second kappa shape index (κ2) is 8.27. The number of nitrogens with zero attached hydrogens (tertiary/aromatic N) is 2. The topological polar surface area (TPSA) is 61.8 Å². The predicted octanol–water partition coefficient (Wildman–Crippen LogP) is 4.11. The van der Waals surface area contributed by atoms with E-state index in [1.165, 1.54) is 5.01 Å². The van der Waals surface area contributed by atoms with E-state index in [0.717, 1.165) is 27.7 Å². The van der Waals surface area contributed by atoms with Crippen LogP contribution in [0.4, 0.5) is 5.69 Å². The normalized spacial score (nSPS) is 13.5. The fourth-order valence-corrected chi connectivity index (χ4v) is 3.35. The molecule has 0 atom stereocenters. The zero-order valence-corrected chi connectivity index (χ0v) is 16.1. The van der Waals surface area contributed by atoms with Gasteiger partial charge in [-0.2, -0.15) is 5.10 Å². The first-order chi connectivity index (χ1) is 12.5. The molecule has 0 saturated carbocycles. The first-order valence-corrected chi connectivity index (χ1v) is 9.31. The van der Waals surface area contributed by atoms with E-state index in [1.807, 2.05) is 55.5 Å². The van der Waals surface area contributed by atoms with E-state index in [9.17, 15) is 9.59 Å². The van der Waals surface area contributed by atoms with Gasteiger partial charge in [0.05, 0.1) is 17.9 Å². The number of hydrazone groups is 1. The van der Waals surface area contributed by atoms with Crippen LogP contribution in [-0.4, -0.2) is 29.1 Å². The van der Waals surface area contributed by atoms with E-state index < -0.39 is 0 Å². The molecule has 0 radical (unpaired) electrons. The van der Waals surface area contributed by atoms with Gasteiger partial charge in [0.25, 0.3) is 0 Å². The van der Waals surface area contributed by atoms with Gasteiger partial charge in [-0.1, -0.05) is 36.4 Å². The second-order valence-electron chi connectivity index (χ2n) is 6.21. The Hall–Kier alpha value is -2.47. The van der Waals surface area contributed by atoms with Gasteiger partial charge in [-0.3, -0.25) is 9.59 Å². The van der Waals surface area contributed by atoms with Crippen molar-refractivity contribution in [2.45, 2.75) is 26.2 Å². The molecule has 0 aromatic heterocycles. The number of carbonyl (C=O) groups is 2. The minimum Gasteiger partial charge on any atom is -0.325 e. The van der Waals surface area contributed by atoms with Gasteiger partial charge in [0.15, 0.2) is 0 Å². The van der Waals surface area contributed by atoms with Gasteiger partial charge < -0.3 is 5.32 Å². The Morgan fingerprint density at radius 2 is 1.92 bits per heavy atom. The number of rotatable bonds is 5. The molecule has 2 aromatic rings. The summed E-state index contributed by atoms with van der Waals surface area (Å²) in [4.78, 5) is 24.4. The average molecular weight is 414 g/mol. The molecule has 0 aliphatic carbocycles. The summed E-state index contributed by atoms with van der Waals surface area (Å²) in [5, 5.41) is 8.70. The summed E-state index contributed by atoms with van der Waals surface area (Å²) in [6.45, 7) is 2.55. The number of hydrogen-bond acceptors (Lipinski definition) is 3. The highest BCUT2D eigenvalue weighted by Gasteiger charge is 2.22. The van der Waals surface area contributed by atoms with Crippen molar-refractivity contribution in [1.82, 2.24) is 5.01 Å². The van der Waals surface area contributed by atoms with Gasteiger partial charge in [-0.05, 0) is 46.1 Å². The fraction of sp³-hybridized carbons (Fsp3) is 0.250. The van der Waals surface area contributed by atoms with Crippen molar-refractivity contribution in [3.8, 4) is 0 Å². The monoisotopic (exact) mass is 413 g/mol. The summed E-state index contributed by atoms with van der Waals surface area (Å²) in [5.41, 5.74) is 3.75. The van der Waals surface area contributed by atoms with Crippen LogP contribution in [0.1, 0.15) is 30.4 Å². The molecule has 6 heteroatoms. The van der Waals surface area contributed by atoms with Crippen LogP contribution in [-0.2, 0) is 9.59 Å². The van der Waals surface area contributed by atoms with E-state index in [1.54, 1.807) is 0 Å². The molecule has 26 heavy (non-hydrogen) atoms. The van der Waals surface area contributed by atoms with E-state index in [-0.39, 0.29) is 24.7 Å². The Bertz CT molecular complexity index is 849. The van der Waals surface area contributed by atoms with Crippen molar-refractivity contribution in [2.75, 3.05) is 11.9 Å². The maximum absolute atomic E-state index is 12.3. The maximum Gasteiger partial charge on any atom is 0.243 e. The summed E-state index contributed by atoms with van der Waals surface area (Å²) in [6, 6.07) is 15.5. The second-order valence-corrected chi connectivity index (χ2v) is 7.07. The number of halogens is 1.